The topological polar surface area (TPSA) is 99.0 Å². The highest BCUT2D eigenvalue weighted by atomic mass is 35.5. The normalized spacial score (nSPS) is 10.3. The van der Waals surface area contributed by atoms with E-state index < -0.39 is 11.9 Å². The molecule has 0 atom stereocenters. The van der Waals surface area contributed by atoms with Gasteiger partial charge in [-0.25, -0.2) is 4.79 Å². The van der Waals surface area contributed by atoms with Crippen LogP contribution in [-0.2, 0) is 4.79 Å². The van der Waals surface area contributed by atoms with E-state index in [1.54, 1.807) is 0 Å². The molecule has 0 radical (unpaired) electrons. The summed E-state index contributed by atoms with van der Waals surface area (Å²) in [5.74, 6) is -1.80. The maximum absolute atomic E-state index is 11.0. The fraction of sp³-hybridized carbons (Fsp3) is 0. The van der Waals surface area contributed by atoms with Crippen LogP contribution in [-0.4, -0.2) is 28.4 Å². The Labute approximate surface area is 95.1 Å². The first-order chi connectivity index (χ1) is 7.54. The average molecular weight is 243 g/mol. The molecule has 1 rings (SSSR count). The van der Waals surface area contributed by atoms with Gasteiger partial charge in [0.2, 0.25) is 0 Å². The van der Waals surface area contributed by atoms with E-state index in [0.29, 0.717) is 11.9 Å². The number of anilines is 1. The summed E-state index contributed by atoms with van der Waals surface area (Å²) in [5, 5.41) is 21.7. The van der Waals surface area contributed by atoms with Gasteiger partial charge in [-0.05, 0) is 18.2 Å². The highest BCUT2D eigenvalue weighted by Crippen LogP contribution is 2.20. The van der Waals surface area contributed by atoms with Crippen LogP contribution < -0.4 is 5.32 Å². The summed E-state index contributed by atoms with van der Waals surface area (Å²) in [6.45, 7) is 0. The number of halogens is 1. The molecule has 0 heterocycles. The predicted octanol–water partition coefficient (Wildman–Crippen LogP) is 1.44. The molecular weight excluding hydrogens is 236 g/mol. The van der Waals surface area contributed by atoms with Crippen molar-refractivity contribution in [1.29, 1.82) is 0 Å². The highest BCUT2D eigenvalue weighted by molar-refractivity contribution is 6.34. The van der Waals surface area contributed by atoms with Crippen molar-refractivity contribution in [3.8, 4) is 0 Å². The number of hydrogen-bond donors (Lipinski definition) is 3. The second-order valence-electron chi connectivity index (χ2n) is 2.73. The van der Waals surface area contributed by atoms with E-state index in [1.807, 2.05) is 0 Å². The van der Waals surface area contributed by atoms with Crippen molar-refractivity contribution >= 4 is 35.4 Å². The first-order valence-corrected chi connectivity index (χ1v) is 4.43. The minimum Gasteiger partial charge on any atom is -0.478 e. The number of carbonyl (C=O) groups excluding carboxylic acids is 1. The Morgan fingerprint density at radius 1 is 1.44 bits per heavy atom. The molecule has 16 heavy (non-hydrogen) atoms. The van der Waals surface area contributed by atoms with Gasteiger partial charge in [-0.3, -0.25) is 4.79 Å². The molecule has 1 aromatic rings. The fourth-order valence-electron chi connectivity index (χ4n) is 0.993. The number of amides is 1. The van der Waals surface area contributed by atoms with Crippen molar-refractivity contribution in [3.05, 3.63) is 28.8 Å². The number of oxime groups is 1. The molecule has 0 aliphatic rings. The van der Waals surface area contributed by atoms with Crippen molar-refractivity contribution in [2.75, 3.05) is 5.32 Å². The van der Waals surface area contributed by atoms with Crippen LogP contribution in [0.5, 0.6) is 0 Å². The highest BCUT2D eigenvalue weighted by Gasteiger charge is 2.09. The van der Waals surface area contributed by atoms with Gasteiger partial charge < -0.3 is 15.6 Å². The van der Waals surface area contributed by atoms with Crippen molar-refractivity contribution < 1.29 is 19.9 Å². The minimum atomic E-state index is -1.15. The maximum atomic E-state index is 11.0. The molecule has 0 aliphatic carbocycles. The number of carbonyl (C=O) groups is 2. The van der Waals surface area contributed by atoms with Crippen LogP contribution in [0.4, 0.5) is 5.69 Å². The standard InChI is InChI=1S/C9H7ClN2O4/c10-7-3-5(12-8(13)4-11-16)1-2-6(7)9(14)15/h1-4,16H,(H,12,13)(H,14,15). The lowest BCUT2D eigenvalue weighted by atomic mass is 10.2. The van der Waals surface area contributed by atoms with Gasteiger partial charge in [0.05, 0.1) is 10.6 Å². The van der Waals surface area contributed by atoms with Crippen molar-refractivity contribution in [3.63, 3.8) is 0 Å². The first kappa shape index (κ1) is 12.0. The van der Waals surface area contributed by atoms with E-state index in [9.17, 15) is 9.59 Å². The summed E-state index contributed by atoms with van der Waals surface area (Å²) in [5.41, 5.74) is 0.246. The summed E-state index contributed by atoms with van der Waals surface area (Å²) >= 11 is 5.67. The minimum absolute atomic E-state index is 0.00578. The Morgan fingerprint density at radius 2 is 2.12 bits per heavy atom. The fourth-order valence-corrected chi connectivity index (χ4v) is 1.25. The molecule has 0 unspecified atom stereocenters. The second-order valence-corrected chi connectivity index (χ2v) is 3.14. The number of carboxylic acids is 1. The van der Waals surface area contributed by atoms with Gasteiger partial charge in [-0.2, -0.15) is 0 Å². The maximum Gasteiger partial charge on any atom is 0.337 e. The Morgan fingerprint density at radius 3 is 2.62 bits per heavy atom. The number of nitrogens with one attached hydrogen (secondary N) is 1. The molecule has 1 aromatic carbocycles. The van der Waals surface area contributed by atoms with Gasteiger partial charge in [0.15, 0.2) is 0 Å². The molecule has 1 amide bonds. The molecule has 0 aromatic heterocycles. The zero-order valence-corrected chi connectivity index (χ0v) is 8.60. The number of nitrogens with zero attached hydrogens (tertiary/aromatic N) is 1. The summed E-state index contributed by atoms with van der Waals surface area (Å²) in [7, 11) is 0. The van der Waals surface area contributed by atoms with Crippen LogP contribution in [0.15, 0.2) is 23.4 Å². The average Bonchev–Trinajstić information content (AvgIpc) is 2.17. The second kappa shape index (κ2) is 5.13. The quantitative estimate of drug-likeness (QED) is 0.424. The number of rotatable bonds is 3. The molecular formula is C9H7ClN2O4. The van der Waals surface area contributed by atoms with Crippen LogP contribution in [0.1, 0.15) is 10.4 Å². The Balaban J connectivity index is 2.89. The molecule has 7 heteroatoms. The summed E-state index contributed by atoms with van der Waals surface area (Å²) in [4.78, 5) is 21.6. The van der Waals surface area contributed by atoms with Gasteiger partial charge in [-0.15, -0.1) is 0 Å². The molecule has 0 aliphatic heterocycles. The Kier molecular flexibility index (Phi) is 3.84. The van der Waals surface area contributed by atoms with Gasteiger partial charge in [0, 0.05) is 5.69 Å². The molecule has 0 bridgehead atoms. The van der Waals surface area contributed by atoms with E-state index in [-0.39, 0.29) is 10.6 Å². The Bertz CT molecular complexity index is 459. The zero-order chi connectivity index (χ0) is 12.1. The summed E-state index contributed by atoms with van der Waals surface area (Å²) in [6.07, 6.45) is 0.666. The molecule has 6 nitrogen and oxygen atoms in total. The molecule has 0 fully saturated rings. The number of hydrogen-bond acceptors (Lipinski definition) is 4. The number of benzene rings is 1. The van der Waals surface area contributed by atoms with E-state index in [2.05, 4.69) is 10.5 Å². The van der Waals surface area contributed by atoms with Crippen LogP contribution in [0.2, 0.25) is 5.02 Å². The van der Waals surface area contributed by atoms with E-state index >= 15 is 0 Å². The summed E-state index contributed by atoms with van der Waals surface area (Å²) < 4.78 is 0. The van der Waals surface area contributed by atoms with Crippen LogP contribution in [0.25, 0.3) is 0 Å². The van der Waals surface area contributed by atoms with E-state index in [1.165, 1.54) is 18.2 Å². The zero-order valence-electron chi connectivity index (χ0n) is 7.85. The van der Waals surface area contributed by atoms with E-state index in [0.717, 1.165) is 0 Å². The van der Waals surface area contributed by atoms with Gasteiger partial charge >= 0.3 is 5.97 Å². The monoisotopic (exact) mass is 242 g/mol. The lowest BCUT2D eigenvalue weighted by Gasteiger charge is -2.04. The number of aromatic carboxylic acids is 1. The van der Waals surface area contributed by atoms with Crippen molar-refractivity contribution in [1.82, 2.24) is 0 Å². The largest absolute Gasteiger partial charge is 0.478 e. The molecule has 3 N–H and O–H groups in total. The summed E-state index contributed by atoms with van der Waals surface area (Å²) in [6, 6.07) is 3.92. The predicted molar refractivity (Wildman–Crippen MR) is 57.3 cm³/mol. The van der Waals surface area contributed by atoms with E-state index in [4.69, 9.17) is 21.9 Å². The third-order valence-electron chi connectivity index (χ3n) is 1.64. The molecule has 0 spiro atoms. The smallest absolute Gasteiger partial charge is 0.337 e. The Hall–Kier alpha value is -2.08. The lowest BCUT2D eigenvalue weighted by molar-refractivity contribution is -0.110. The van der Waals surface area contributed by atoms with Gasteiger partial charge in [0.25, 0.3) is 5.91 Å². The molecule has 0 saturated heterocycles. The van der Waals surface area contributed by atoms with Crippen LogP contribution in [0, 0.1) is 0 Å². The third kappa shape index (κ3) is 2.96. The third-order valence-corrected chi connectivity index (χ3v) is 1.95. The SMILES string of the molecule is O=C(C=NO)Nc1ccc(C(=O)O)c(Cl)c1. The lowest BCUT2D eigenvalue weighted by Crippen LogP contribution is -2.12. The van der Waals surface area contributed by atoms with Crippen molar-refractivity contribution in [2.24, 2.45) is 5.16 Å². The molecule has 0 saturated carbocycles. The van der Waals surface area contributed by atoms with Gasteiger partial charge in [0.1, 0.15) is 6.21 Å². The number of carboxylic acid groups (broad SMARTS) is 1. The first-order valence-electron chi connectivity index (χ1n) is 4.06. The molecule has 84 valence electrons. The van der Waals surface area contributed by atoms with Crippen LogP contribution >= 0.6 is 11.6 Å². The van der Waals surface area contributed by atoms with Crippen LogP contribution in [0.3, 0.4) is 0 Å². The van der Waals surface area contributed by atoms with Crippen molar-refractivity contribution in [2.45, 2.75) is 0 Å². The van der Waals surface area contributed by atoms with Gasteiger partial charge in [-0.1, -0.05) is 16.8 Å².